The minimum absolute atomic E-state index is 0.127. The van der Waals surface area contributed by atoms with Crippen molar-refractivity contribution in [1.82, 2.24) is 5.32 Å². The van der Waals surface area contributed by atoms with Crippen molar-refractivity contribution in [3.05, 3.63) is 22.4 Å². The van der Waals surface area contributed by atoms with E-state index in [0.717, 1.165) is 0 Å². The van der Waals surface area contributed by atoms with Crippen LogP contribution >= 0.6 is 11.3 Å². The van der Waals surface area contributed by atoms with Crippen LogP contribution in [0.5, 0.6) is 0 Å². The fraction of sp³-hybridized carbons (Fsp3) is 0.692. The smallest absolute Gasteiger partial charge is 0.372 e. The molecule has 2 nitrogen and oxygen atoms in total. The summed E-state index contributed by atoms with van der Waals surface area (Å²) >= 11 is 1.69. The summed E-state index contributed by atoms with van der Waals surface area (Å²) < 4.78 is 40.1. The molecule has 0 bridgehead atoms. The largest absolute Gasteiger partial charge is 0.411 e. The van der Waals surface area contributed by atoms with Gasteiger partial charge in [-0.2, -0.15) is 13.2 Å². The molecular formula is C13H20F3NOS. The zero-order valence-corrected chi connectivity index (χ0v) is 12.0. The molecule has 0 saturated carbocycles. The number of halogens is 3. The average molecular weight is 295 g/mol. The van der Waals surface area contributed by atoms with Crippen LogP contribution in [0.3, 0.4) is 0 Å². The highest BCUT2D eigenvalue weighted by Crippen LogP contribution is 2.25. The number of nitrogens with one attached hydrogen (secondary N) is 1. The van der Waals surface area contributed by atoms with Crippen LogP contribution in [-0.4, -0.2) is 25.9 Å². The summed E-state index contributed by atoms with van der Waals surface area (Å²) in [7, 11) is 0. The summed E-state index contributed by atoms with van der Waals surface area (Å²) in [6.45, 7) is 3.86. The number of thiophene rings is 1. The molecule has 0 radical (unpaired) electrons. The van der Waals surface area contributed by atoms with E-state index in [-0.39, 0.29) is 12.6 Å². The molecule has 1 aromatic rings. The van der Waals surface area contributed by atoms with Gasteiger partial charge in [0.05, 0.1) is 0 Å². The van der Waals surface area contributed by atoms with Crippen LogP contribution in [0.1, 0.15) is 31.2 Å². The van der Waals surface area contributed by atoms with Crippen molar-refractivity contribution in [2.24, 2.45) is 5.92 Å². The third kappa shape index (κ3) is 6.94. The second-order valence-corrected chi connectivity index (χ2v) is 5.69. The molecule has 0 aliphatic heterocycles. The molecule has 1 N–H and O–H groups in total. The molecule has 1 unspecified atom stereocenters. The first-order valence-corrected chi connectivity index (χ1v) is 7.19. The number of hydrogen-bond donors (Lipinski definition) is 1. The third-order valence-corrected chi connectivity index (χ3v) is 3.57. The van der Waals surface area contributed by atoms with Crippen LogP contribution in [0.25, 0.3) is 0 Å². The normalized spacial score (nSPS) is 14.0. The van der Waals surface area contributed by atoms with Crippen LogP contribution in [0.4, 0.5) is 13.2 Å². The zero-order valence-electron chi connectivity index (χ0n) is 11.2. The van der Waals surface area contributed by atoms with Crippen LogP contribution in [0.15, 0.2) is 17.5 Å². The molecule has 0 spiro atoms. The molecular weight excluding hydrogens is 275 g/mol. The predicted octanol–water partition coefficient (Wildman–Crippen LogP) is 4.00. The molecule has 19 heavy (non-hydrogen) atoms. The molecule has 1 rings (SSSR count). The Morgan fingerprint density at radius 1 is 1.37 bits per heavy atom. The fourth-order valence-corrected chi connectivity index (χ4v) is 2.73. The van der Waals surface area contributed by atoms with Gasteiger partial charge in [0, 0.05) is 17.5 Å². The van der Waals surface area contributed by atoms with Gasteiger partial charge in [-0.3, -0.25) is 0 Å². The van der Waals surface area contributed by atoms with E-state index in [9.17, 15) is 13.2 Å². The van der Waals surface area contributed by atoms with Crippen LogP contribution in [0, 0.1) is 5.92 Å². The SMILES string of the molecule is CC(C)C(NCCCOCC(F)(F)F)c1cccs1. The van der Waals surface area contributed by atoms with Crippen molar-refractivity contribution in [3.8, 4) is 0 Å². The molecule has 0 saturated heterocycles. The van der Waals surface area contributed by atoms with Crippen molar-refractivity contribution in [2.75, 3.05) is 19.8 Å². The molecule has 0 aliphatic rings. The Labute approximate surface area is 116 Å². The Balaban J connectivity index is 2.20. The molecule has 110 valence electrons. The molecule has 1 atom stereocenters. The van der Waals surface area contributed by atoms with Gasteiger partial charge in [0.25, 0.3) is 0 Å². The van der Waals surface area contributed by atoms with Gasteiger partial charge in [-0.25, -0.2) is 0 Å². The van der Waals surface area contributed by atoms with Crippen molar-refractivity contribution in [1.29, 1.82) is 0 Å². The van der Waals surface area contributed by atoms with Crippen molar-refractivity contribution >= 4 is 11.3 Å². The van der Waals surface area contributed by atoms with Gasteiger partial charge < -0.3 is 10.1 Å². The highest BCUT2D eigenvalue weighted by atomic mass is 32.1. The van der Waals surface area contributed by atoms with Gasteiger partial charge in [0.2, 0.25) is 0 Å². The maximum atomic E-state index is 11.8. The van der Waals surface area contributed by atoms with E-state index in [1.807, 2.05) is 11.4 Å². The number of ether oxygens (including phenoxy) is 1. The number of hydrogen-bond acceptors (Lipinski definition) is 3. The predicted molar refractivity (Wildman–Crippen MR) is 71.4 cm³/mol. The van der Waals surface area contributed by atoms with E-state index in [1.165, 1.54) is 4.88 Å². The van der Waals surface area contributed by atoms with Gasteiger partial charge in [0.1, 0.15) is 6.61 Å². The Kier molecular flexibility index (Phi) is 6.82. The maximum absolute atomic E-state index is 11.8. The first kappa shape index (κ1) is 16.5. The minimum atomic E-state index is -4.23. The van der Waals surface area contributed by atoms with Gasteiger partial charge in [-0.15, -0.1) is 11.3 Å². The lowest BCUT2D eigenvalue weighted by Gasteiger charge is -2.21. The van der Waals surface area contributed by atoms with Crippen molar-refractivity contribution in [3.63, 3.8) is 0 Å². The Hall–Kier alpha value is -0.590. The molecule has 0 fully saturated rings. The minimum Gasteiger partial charge on any atom is -0.372 e. The Morgan fingerprint density at radius 3 is 2.63 bits per heavy atom. The molecule has 1 heterocycles. The molecule has 1 aromatic heterocycles. The number of rotatable bonds is 8. The molecule has 0 aromatic carbocycles. The Bertz CT molecular complexity index is 338. The molecule has 0 aliphatic carbocycles. The molecule has 6 heteroatoms. The summed E-state index contributed by atoms with van der Waals surface area (Å²) in [4.78, 5) is 1.26. The Morgan fingerprint density at radius 2 is 2.11 bits per heavy atom. The van der Waals surface area contributed by atoms with E-state index >= 15 is 0 Å². The second-order valence-electron chi connectivity index (χ2n) is 4.71. The first-order valence-electron chi connectivity index (χ1n) is 6.31. The summed E-state index contributed by atoms with van der Waals surface area (Å²) in [6.07, 6.45) is -3.66. The standard InChI is InChI=1S/C13H20F3NOS/c1-10(2)12(11-5-3-8-19-11)17-6-4-7-18-9-13(14,15)16/h3,5,8,10,12,17H,4,6-7,9H2,1-2H3. The van der Waals surface area contributed by atoms with Crippen molar-refractivity contribution in [2.45, 2.75) is 32.5 Å². The lowest BCUT2D eigenvalue weighted by Crippen LogP contribution is -2.27. The number of alkyl halides is 3. The average Bonchev–Trinajstić information content (AvgIpc) is 2.79. The van der Waals surface area contributed by atoms with E-state index in [4.69, 9.17) is 0 Å². The maximum Gasteiger partial charge on any atom is 0.411 e. The van der Waals surface area contributed by atoms with E-state index in [1.54, 1.807) is 11.3 Å². The quantitative estimate of drug-likeness (QED) is 0.732. The van der Waals surface area contributed by atoms with E-state index in [2.05, 4.69) is 30.0 Å². The fourth-order valence-electron chi connectivity index (χ4n) is 1.75. The van der Waals surface area contributed by atoms with Crippen molar-refractivity contribution < 1.29 is 17.9 Å². The summed E-state index contributed by atoms with van der Waals surface area (Å²) in [5, 5.41) is 5.40. The van der Waals surface area contributed by atoms with Gasteiger partial charge in [-0.1, -0.05) is 19.9 Å². The monoisotopic (exact) mass is 295 g/mol. The third-order valence-electron chi connectivity index (χ3n) is 2.61. The summed E-state index contributed by atoms with van der Waals surface area (Å²) in [5.41, 5.74) is 0. The highest BCUT2D eigenvalue weighted by Gasteiger charge is 2.27. The van der Waals surface area contributed by atoms with Crippen LogP contribution < -0.4 is 5.32 Å². The van der Waals surface area contributed by atoms with E-state index in [0.29, 0.717) is 18.9 Å². The lowest BCUT2D eigenvalue weighted by molar-refractivity contribution is -0.173. The first-order chi connectivity index (χ1) is 8.90. The van der Waals surface area contributed by atoms with E-state index < -0.39 is 12.8 Å². The topological polar surface area (TPSA) is 21.3 Å². The van der Waals surface area contributed by atoms with Crippen LogP contribution in [0.2, 0.25) is 0 Å². The van der Waals surface area contributed by atoms with Gasteiger partial charge in [-0.05, 0) is 30.3 Å². The zero-order chi connectivity index (χ0) is 14.3. The van der Waals surface area contributed by atoms with Gasteiger partial charge in [0.15, 0.2) is 0 Å². The van der Waals surface area contributed by atoms with Crippen LogP contribution in [-0.2, 0) is 4.74 Å². The highest BCUT2D eigenvalue weighted by molar-refractivity contribution is 7.10. The summed E-state index contributed by atoms with van der Waals surface area (Å²) in [5.74, 6) is 0.440. The summed E-state index contributed by atoms with van der Waals surface area (Å²) in [6, 6.07) is 4.33. The lowest BCUT2D eigenvalue weighted by atomic mass is 10.0. The van der Waals surface area contributed by atoms with Gasteiger partial charge >= 0.3 is 6.18 Å². The second kappa shape index (κ2) is 7.87. The molecule has 0 amide bonds.